The van der Waals surface area contributed by atoms with Gasteiger partial charge in [0, 0.05) is 5.69 Å². The Morgan fingerprint density at radius 1 is 1.09 bits per heavy atom. The fourth-order valence-electron chi connectivity index (χ4n) is 2.37. The van der Waals surface area contributed by atoms with E-state index in [0.29, 0.717) is 5.69 Å². The number of para-hydroxylation sites is 1. The highest BCUT2D eigenvalue weighted by Crippen LogP contribution is 2.34. The molecule has 0 bridgehead atoms. The van der Waals surface area contributed by atoms with E-state index in [-0.39, 0.29) is 11.1 Å². The van der Waals surface area contributed by atoms with Crippen LogP contribution in [0.15, 0.2) is 48.5 Å². The van der Waals surface area contributed by atoms with Gasteiger partial charge in [0.05, 0.1) is 12.8 Å². The Balaban J connectivity index is 1.79. The van der Waals surface area contributed by atoms with Gasteiger partial charge in [-0.1, -0.05) is 18.2 Å². The molecule has 1 aliphatic rings. The molecule has 1 saturated heterocycles. The van der Waals surface area contributed by atoms with Gasteiger partial charge in [0.25, 0.3) is 11.1 Å². The first-order valence-corrected chi connectivity index (χ1v) is 7.99. The Morgan fingerprint density at radius 3 is 2.43 bits per heavy atom. The van der Waals surface area contributed by atoms with E-state index in [1.807, 2.05) is 37.3 Å². The number of hydrogen-bond donors (Lipinski definition) is 1. The number of carbonyl (C=O) groups is 2. The van der Waals surface area contributed by atoms with E-state index in [9.17, 15) is 9.59 Å². The van der Waals surface area contributed by atoms with Gasteiger partial charge in [-0.15, -0.1) is 0 Å². The monoisotopic (exact) mass is 328 g/mol. The molecule has 1 fully saturated rings. The number of nitrogens with zero attached hydrogens (tertiary/aromatic N) is 1. The highest BCUT2D eigenvalue weighted by molar-refractivity contribution is 8.16. The first kappa shape index (κ1) is 15.4. The third-order valence-electron chi connectivity index (χ3n) is 3.59. The van der Waals surface area contributed by atoms with Gasteiger partial charge in [-0.3, -0.25) is 9.59 Å². The van der Waals surface area contributed by atoms with Crippen LogP contribution in [0.4, 0.5) is 16.2 Å². The first-order chi connectivity index (χ1) is 11.1. The zero-order chi connectivity index (χ0) is 16.4. The lowest BCUT2D eigenvalue weighted by Crippen LogP contribution is -2.34. The molecule has 0 aromatic heterocycles. The van der Waals surface area contributed by atoms with Crippen LogP contribution in [0.25, 0.3) is 0 Å². The van der Waals surface area contributed by atoms with Crippen LogP contribution in [-0.4, -0.2) is 23.6 Å². The topological polar surface area (TPSA) is 58.6 Å². The maximum Gasteiger partial charge on any atom is 0.295 e. The molecule has 1 unspecified atom stereocenters. The number of benzene rings is 2. The molecule has 0 spiro atoms. The number of ether oxygens (including phenoxy) is 1. The van der Waals surface area contributed by atoms with Gasteiger partial charge in [-0.25, -0.2) is 4.90 Å². The fourth-order valence-corrected chi connectivity index (χ4v) is 3.27. The molecule has 3 rings (SSSR count). The minimum atomic E-state index is -0.629. The van der Waals surface area contributed by atoms with Crippen molar-refractivity contribution < 1.29 is 14.3 Å². The van der Waals surface area contributed by atoms with Crippen LogP contribution in [0.3, 0.4) is 0 Å². The lowest BCUT2D eigenvalue weighted by Gasteiger charge is -2.17. The van der Waals surface area contributed by atoms with Crippen LogP contribution in [0.5, 0.6) is 5.75 Å². The number of carbonyl (C=O) groups excluding carboxylic acids is 2. The van der Waals surface area contributed by atoms with Gasteiger partial charge in [-0.2, -0.15) is 0 Å². The molecule has 2 aromatic rings. The van der Waals surface area contributed by atoms with E-state index < -0.39 is 5.37 Å². The van der Waals surface area contributed by atoms with Crippen molar-refractivity contribution in [1.29, 1.82) is 0 Å². The summed E-state index contributed by atoms with van der Waals surface area (Å²) >= 11 is 0.985. The number of methoxy groups -OCH3 is 1. The predicted octanol–water partition coefficient (Wildman–Crippen LogP) is 3.64. The van der Waals surface area contributed by atoms with Crippen molar-refractivity contribution in [3.63, 3.8) is 0 Å². The number of hydrogen-bond acceptors (Lipinski definition) is 5. The van der Waals surface area contributed by atoms with Crippen molar-refractivity contribution >= 4 is 34.3 Å². The number of rotatable bonds is 4. The van der Waals surface area contributed by atoms with E-state index in [4.69, 9.17) is 4.74 Å². The number of aryl methyl sites for hydroxylation is 1. The second kappa shape index (κ2) is 6.34. The molecule has 23 heavy (non-hydrogen) atoms. The van der Waals surface area contributed by atoms with Crippen molar-refractivity contribution in [2.45, 2.75) is 12.3 Å². The normalized spacial score (nSPS) is 17.5. The van der Waals surface area contributed by atoms with Crippen LogP contribution in [-0.2, 0) is 4.79 Å². The summed E-state index contributed by atoms with van der Waals surface area (Å²) in [6.45, 7) is 1.88. The molecular weight excluding hydrogens is 312 g/mol. The molecule has 5 nitrogen and oxygen atoms in total. The zero-order valence-corrected chi connectivity index (χ0v) is 13.6. The Bertz CT molecular complexity index is 746. The van der Waals surface area contributed by atoms with Crippen molar-refractivity contribution in [2.75, 3.05) is 17.3 Å². The molecule has 1 heterocycles. The standard InChI is InChI=1S/C17H16N2O3S/c1-11-5-3-4-6-14(11)19-16(20)15(23-17(19)21)18-12-7-9-13(22-2)10-8-12/h3-10,15,18H,1-2H3. The summed E-state index contributed by atoms with van der Waals surface area (Å²) in [4.78, 5) is 26.1. The lowest BCUT2D eigenvalue weighted by atomic mass is 10.2. The predicted molar refractivity (Wildman–Crippen MR) is 92.1 cm³/mol. The SMILES string of the molecule is COc1ccc(NC2SC(=O)N(c3ccccc3C)C2=O)cc1. The molecule has 1 N–H and O–H groups in total. The Labute approximate surface area is 138 Å². The Kier molecular flexibility index (Phi) is 4.25. The van der Waals surface area contributed by atoms with Gasteiger partial charge in [0.2, 0.25) is 0 Å². The van der Waals surface area contributed by atoms with Gasteiger partial charge >= 0.3 is 0 Å². The third-order valence-corrected chi connectivity index (χ3v) is 4.53. The number of thioether (sulfide) groups is 1. The molecule has 2 amide bonds. The lowest BCUT2D eigenvalue weighted by molar-refractivity contribution is -0.116. The highest BCUT2D eigenvalue weighted by Gasteiger charge is 2.41. The molecule has 6 heteroatoms. The molecule has 0 saturated carbocycles. The maximum absolute atomic E-state index is 12.6. The van der Waals surface area contributed by atoms with Crippen molar-refractivity contribution in [2.24, 2.45) is 0 Å². The minimum absolute atomic E-state index is 0.259. The number of imide groups is 1. The maximum atomic E-state index is 12.6. The van der Waals surface area contributed by atoms with Crippen molar-refractivity contribution in [1.82, 2.24) is 0 Å². The van der Waals surface area contributed by atoms with Gasteiger partial charge < -0.3 is 10.1 Å². The summed E-state index contributed by atoms with van der Waals surface area (Å²) in [6, 6.07) is 14.6. The Hall–Kier alpha value is -2.47. The fraction of sp³-hybridized carbons (Fsp3) is 0.176. The van der Waals surface area contributed by atoms with Gasteiger partial charge in [0.1, 0.15) is 5.75 Å². The smallest absolute Gasteiger partial charge is 0.295 e. The van der Waals surface area contributed by atoms with Crippen molar-refractivity contribution in [3.05, 3.63) is 54.1 Å². The molecule has 0 radical (unpaired) electrons. The average Bonchev–Trinajstić information content (AvgIpc) is 2.83. The van der Waals surface area contributed by atoms with Crippen LogP contribution in [0, 0.1) is 6.92 Å². The summed E-state index contributed by atoms with van der Waals surface area (Å²) in [5.41, 5.74) is 2.28. The van der Waals surface area contributed by atoms with Crippen molar-refractivity contribution in [3.8, 4) is 5.75 Å². The Morgan fingerprint density at radius 2 is 1.78 bits per heavy atom. The van der Waals surface area contributed by atoms with Crippen LogP contribution in [0.1, 0.15) is 5.56 Å². The molecular formula is C17H16N2O3S. The minimum Gasteiger partial charge on any atom is -0.497 e. The third kappa shape index (κ3) is 3.03. The molecule has 118 valence electrons. The van der Waals surface area contributed by atoms with E-state index in [1.165, 1.54) is 4.90 Å². The summed E-state index contributed by atoms with van der Waals surface area (Å²) < 4.78 is 5.10. The summed E-state index contributed by atoms with van der Waals surface area (Å²) in [7, 11) is 1.59. The van der Waals surface area contributed by atoms with Gasteiger partial charge in [-0.05, 0) is 54.6 Å². The summed E-state index contributed by atoms with van der Waals surface area (Å²) in [5.74, 6) is 0.476. The second-order valence-corrected chi connectivity index (χ2v) is 6.15. The van der Waals surface area contributed by atoms with Crippen LogP contribution < -0.4 is 15.0 Å². The van der Waals surface area contributed by atoms with E-state index >= 15 is 0 Å². The van der Waals surface area contributed by atoms with Crippen LogP contribution in [0.2, 0.25) is 0 Å². The number of amides is 2. The highest BCUT2D eigenvalue weighted by atomic mass is 32.2. The summed E-state index contributed by atoms with van der Waals surface area (Å²) in [5, 5.41) is 2.19. The summed E-state index contributed by atoms with van der Waals surface area (Å²) in [6.07, 6.45) is 0. The quantitative estimate of drug-likeness (QED) is 0.928. The molecule has 0 aliphatic carbocycles. The largest absolute Gasteiger partial charge is 0.497 e. The van der Waals surface area contributed by atoms with Gasteiger partial charge in [0.15, 0.2) is 5.37 Å². The average molecular weight is 328 g/mol. The van der Waals surface area contributed by atoms with E-state index in [1.54, 1.807) is 25.3 Å². The van der Waals surface area contributed by atoms with Crippen LogP contribution >= 0.6 is 11.8 Å². The molecule has 2 aromatic carbocycles. The zero-order valence-electron chi connectivity index (χ0n) is 12.8. The number of anilines is 2. The second-order valence-electron chi connectivity index (χ2n) is 5.10. The molecule has 1 atom stereocenters. The number of nitrogens with one attached hydrogen (secondary N) is 1. The first-order valence-electron chi connectivity index (χ1n) is 7.11. The van der Waals surface area contributed by atoms with E-state index in [0.717, 1.165) is 28.8 Å². The van der Waals surface area contributed by atoms with E-state index in [2.05, 4.69) is 5.32 Å². The molecule has 1 aliphatic heterocycles.